The van der Waals surface area contributed by atoms with E-state index in [0.717, 1.165) is 17.3 Å². The standard InChI is InChI=1S/C20H31BrO2/c1-2-3-4-5-6-7-8-9-10-11-12-13-19(22)18-16-17(21)14-15-20(18)23/h14-16,23H,2-13H2,1H3. The molecule has 0 saturated heterocycles. The molecule has 1 N–H and O–H groups in total. The lowest BCUT2D eigenvalue weighted by atomic mass is 10.0. The van der Waals surface area contributed by atoms with Gasteiger partial charge in [0.25, 0.3) is 0 Å². The third-order valence-electron chi connectivity index (χ3n) is 4.27. The maximum absolute atomic E-state index is 12.1. The summed E-state index contributed by atoms with van der Waals surface area (Å²) >= 11 is 3.34. The molecule has 0 aliphatic carbocycles. The molecule has 0 aliphatic rings. The number of aromatic hydroxyl groups is 1. The fraction of sp³-hybridized carbons (Fsp3) is 0.650. The van der Waals surface area contributed by atoms with E-state index in [0.29, 0.717) is 12.0 Å². The van der Waals surface area contributed by atoms with Crippen LogP contribution in [0.3, 0.4) is 0 Å². The van der Waals surface area contributed by atoms with Crippen molar-refractivity contribution in [2.24, 2.45) is 0 Å². The molecule has 0 spiro atoms. The minimum absolute atomic E-state index is 0.0414. The Balaban J connectivity index is 2.02. The number of unbranched alkanes of at least 4 members (excludes halogenated alkanes) is 10. The predicted octanol–water partition coefficient (Wildman–Crippen LogP) is 7.04. The molecule has 0 heterocycles. The van der Waals surface area contributed by atoms with Gasteiger partial charge in [-0.1, -0.05) is 87.1 Å². The Morgan fingerprint density at radius 1 is 0.913 bits per heavy atom. The van der Waals surface area contributed by atoms with Crippen LogP contribution in [0.15, 0.2) is 22.7 Å². The topological polar surface area (TPSA) is 37.3 Å². The molecule has 0 saturated carbocycles. The zero-order valence-corrected chi connectivity index (χ0v) is 16.0. The van der Waals surface area contributed by atoms with Gasteiger partial charge in [-0.15, -0.1) is 0 Å². The summed E-state index contributed by atoms with van der Waals surface area (Å²) in [5, 5.41) is 9.74. The van der Waals surface area contributed by atoms with Crippen LogP contribution in [0.1, 0.15) is 94.3 Å². The molecule has 0 bridgehead atoms. The van der Waals surface area contributed by atoms with Gasteiger partial charge in [0.1, 0.15) is 5.75 Å². The molecule has 0 fully saturated rings. The van der Waals surface area contributed by atoms with Crippen LogP contribution < -0.4 is 0 Å². The first-order valence-corrected chi connectivity index (χ1v) is 9.96. The number of ketones is 1. The molecular formula is C20H31BrO2. The fourth-order valence-electron chi connectivity index (χ4n) is 2.82. The zero-order valence-electron chi connectivity index (χ0n) is 14.5. The van der Waals surface area contributed by atoms with Gasteiger partial charge in [-0.25, -0.2) is 0 Å². The van der Waals surface area contributed by atoms with Gasteiger partial charge in [0.15, 0.2) is 5.78 Å². The van der Waals surface area contributed by atoms with Crippen LogP contribution in [0.2, 0.25) is 0 Å². The van der Waals surface area contributed by atoms with Gasteiger partial charge in [-0.05, 0) is 24.6 Å². The summed E-state index contributed by atoms with van der Waals surface area (Å²) in [7, 11) is 0. The van der Waals surface area contributed by atoms with Crippen molar-refractivity contribution in [1.29, 1.82) is 0 Å². The third-order valence-corrected chi connectivity index (χ3v) is 4.76. The Bertz CT molecular complexity index is 457. The lowest BCUT2D eigenvalue weighted by Gasteiger charge is -2.05. The van der Waals surface area contributed by atoms with E-state index >= 15 is 0 Å². The zero-order chi connectivity index (χ0) is 16.9. The van der Waals surface area contributed by atoms with E-state index in [1.54, 1.807) is 18.2 Å². The minimum atomic E-state index is 0.0414. The molecule has 0 amide bonds. The lowest BCUT2D eigenvalue weighted by molar-refractivity contribution is 0.0976. The van der Waals surface area contributed by atoms with Gasteiger partial charge < -0.3 is 5.11 Å². The van der Waals surface area contributed by atoms with Crippen molar-refractivity contribution in [2.75, 3.05) is 0 Å². The second kappa shape index (κ2) is 12.6. The fourth-order valence-corrected chi connectivity index (χ4v) is 3.18. The van der Waals surface area contributed by atoms with Crippen molar-refractivity contribution in [3.8, 4) is 5.75 Å². The third kappa shape index (κ3) is 9.14. The molecule has 2 nitrogen and oxygen atoms in total. The molecule has 1 aromatic rings. The van der Waals surface area contributed by atoms with Gasteiger partial charge in [0, 0.05) is 10.9 Å². The molecule has 130 valence electrons. The predicted molar refractivity (Wildman–Crippen MR) is 101 cm³/mol. The quantitative estimate of drug-likeness (QED) is 0.293. The number of carbonyl (C=O) groups is 1. The Kier molecular flexibility index (Phi) is 11.1. The molecule has 0 atom stereocenters. The van der Waals surface area contributed by atoms with Crippen LogP contribution in [-0.4, -0.2) is 10.9 Å². The van der Waals surface area contributed by atoms with E-state index in [2.05, 4.69) is 22.9 Å². The number of rotatable bonds is 13. The number of carbonyl (C=O) groups excluding carboxylic acids is 1. The van der Waals surface area contributed by atoms with Crippen LogP contribution in [0.4, 0.5) is 0 Å². The Hall–Kier alpha value is -0.830. The molecule has 1 rings (SSSR count). The highest BCUT2D eigenvalue weighted by Gasteiger charge is 2.11. The van der Waals surface area contributed by atoms with Crippen LogP contribution in [-0.2, 0) is 0 Å². The first-order chi connectivity index (χ1) is 11.1. The average Bonchev–Trinajstić information content (AvgIpc) is 2.54. The van der Waals surface area contributed by atoms with Gasteiger partial charge in [-0.3, -0.25) is 4.79 Å². The smallest absolute Gasteiger partial charge is 0.166 e. The molecular weight excluding hydrogens is 352 g/mol. The van der Waals surface area contributed by atoms with Gasteiger partial charge in [0.05, 0.1) is 5.56 Å². The number of phenolic OH excluding ortho intramolecular Hbond substituents is 1. The summed E-state index contributed by atoms with van der Waals surface area (Å²) < 4.78 is 0.831. The Morgan fingerprint density at radius 3 is 2.00 bits per heavy atom. The van der Waals surface area contributed by atoms with Crippen LogP contribution in [0.25, 0.3) is 0 Å². The minimum Gasteiger partial charge on any atom is -0.507 e. The lowest BCUT2D eigenvalue weighted by Crippen LogP contribution is -1.99. The summed E-state index contributed by atoms with van der Waals surface area (Å²) in [6, 6.07) is 5.02. The highest BCUT2D eigenvalue weighted by atomic mass is 79.9. The molecule has 0 aromatic heterocycles. The normalized spacial score (nSPS) is 10.9. The summed E-state index contributed by atoms with van der Waals surface area (Å²) in [5.41, 5.74) is 0.437. The van der Waals surface area contributed by atoms with Crippen molar-refractivity contribution in [3.63, 3.8) is 0 Å². The van der Waals surface area contributed by atoms with Gasteiger partial charge >= 0.3 is 0 Å². The number of halogens is 1. The van der Waals surface area contributed by atoms with E-state index in [1.165, 1.54) is 57.8 Å². The molecule has 0 radical (unpaired) electrons. The molecule has 0 unspecified atom stereocenters. The van der Waals surface area contributed by atoms with E-state index in [1.807, 2.05) is 0 Å². The first kappa shape index (κ1) is 20.2. The summed E-state index contributed by atoms with van der Waals surface area (Å²) in [4.78, 5) is 12.1. The molecule has 23 heavy (non-hydrogen) atoms. The molecule has 3 heteroatoms. The summed E-state index contributed by atoms with van der Waals surface area (Å²) in [5.74, 6) is 0.126. The monoisotopic (exact) mass is 382 g/mol. The number of hydrogen-bond donors (Lipinski definition) is 1. The van der Waals surface area contributed by atoms with Crippen molar-refractivity contribution < 1.29 is 9.90 Å². The molecule has 1 aromatic carbocycles. The number of phenols is 1. The Labute approximate surface area is 149 Å². The number of hydrogen-bond acceptors (Lipinski definition) is 2. The van der Waals surface area contributed by atoms with E-state index in [-0.39, 0.29) is 11.5 Å². The maximum atomic E-state index is 12.1. The van der Waals surface area contributed by atoms with Crippen LogP contribution >= 0.6 is 15.9 Å². The van der Waals surface area contributed by atoms with Crippen LogP contribution in [0.5, 0.6) is 5.75 Å². The second-order valence-corrected chi connectivity index (χ2v) is 7.29. The summed E-state index contributed by atoms with van der Waals surface area (Å²) in [6.07, 6.45) is 14.6. The Morgan fingerprint density at radius 2 is 1.43 bits per heavy atom. The molecule has 0 aliphatic heterocycles. The van der Waals surface area contributed by atoms with Crippen molar-refractivity contribution >= 4 is 21.7 Å². The van der Waals surface area contributed by atoms with E-state index in [4.69, 9.17) is 0 Å². The van der Waals surface area contributed by atoms with E-state index in [9.17, 15) is 9.90 Å². The SMILES string of the molecule is CCCCCCCCCCCCCC(=O)c1cc(Br)ccc1O. The highest BCUT2D eigenvalue weighted by molar-refractivity contribution is 9.10. The van der Waals surface area contributed by atoms with Crippen molar-refractivity contribution in [1.82, 2.24) is 0 Å². The number of benzene rings is 1. The largest absolute Gasteiger partial charge is 0.507 e. The average molecular weight is 383 g/mol. The summed E-state index contributed by atoms with van der Waals surface area (Å²) in [6.45, 7) is 2.25. The van der Waals surface area contributed by atoms with Crippen molar-refractivity contribution in [2.45, 2.75) is 84.0 Å². The maximum Gasteiger partial charge on any atom is 0.166 e. The second-order valence-electron chi connectivity index (χ2n) is 6.37. The van der Waals surface area contributed by atoms with Gasteiger partial charge in [-0.2, -0.15) is 0 Å². The van der Waals surface area contributed by atoms with Crippen LogP contribution in [0, 0.1) is 0 Å². The highest BCUT2D eigenvalue weighted by Crippen LogP contribution is 2.24. The first-order valence-electron chi connectivity index (χ1n) is 9.17. The van der Waals surface area contributed by atoms with E-state index < -0.39 is 0 Å². The number of Topliss-reactive ketones (excluding diaryl/α,β-unsaturated/α-hetero) is 1. The van der Waals surface area contributed by atoms with Gasteiger partial charge in [0.2, 0.25) is 0 Å². The van der Waals surface area contributed by atoms with Crippen molar-refractivity contribution in [3.05, 3.63) is 28.2 Å².